The Labute approximate surface area is 186 Å². The van der Waals surface area contributed by atoms with Gasteiger partial charge in [0.25, 0.3) is 5.91 Å². The number of piperidine rings is 1. The molecule has 2 aromatic heterocycles. The number of hydrogen-bond acceptors (Lipinski definition) is 5. The first kappa shape index (κ1) is 21.1. The van der Waals surface area contributed by atoms with Gasteiger partial charge >= 0.3 is 0 Å². The standard InChI is InChI=1S/C24H27FN4O3/c1-32-19-6-9-27(10-7-19)14-17-15-28(13-16-2-4-18(25)5-3-16)21-12-26-23-20(22(17)21)8-11-29(31)24(23)30/h2-5,12,15,19,31H,6-11,13-14H2,1H3. The number of nitrogens with zero attached hydrogens (tertiary/aromatic N) is 4. The van der Waals surface area contributed by atoms with E-state index in [2.05, 4.69) is 20.6 Å². The van der Waals surface area contributed by atoms with Crippen LogP contribution in [0.3, 0.4) is 0 Å². The van der Waals surface area contributed by atoms with E-state index >= 15 is 0 Å². The Morgan fingerprint density at radius 1 is 1.16 bits per heavy atom. The molecule has 2 aliphatic rings. The summed E-state index contributed by atoms with van der Waals surface area (Å²) in [5.41, 5.74) is 4.32. The first-order valence-electron chi connectivity index (χ1n) is 11.0. The summed E-state index contributed by atoms with van der Waals surface area (Å²) in [6, 6.07) is 6.51. The fraction of sp³-hybridized carbons (Fsp3) is 0.417. The zero-order valence-electron chi connectivity index (χ0n) is 18.1. The van der Waals surface area contributed by atoms with Gasteiger partial charge in [-0.2, -0.15) is 0 Å². The summed E-state index contributed by atoms with van der Waals surface area (Å²) in [5.74, 6) is -0.708. The molecule has 0 radical (unpaired) electrons. The molecule has 32 heavy (non-hydrogen) atoms. The van der Waals surface area contributed by atoms with E-state index in [9.17, 15) is 14.4 Å². The molecule has 3 aromatic rings. The number of fused-ring (bicyclic) bond motifs is 3. The summed E-state index contributed by atoms with van der Waals surface area (Å²) in [5, 5.41) is 11.7. The van der Waals surface area contributed by atoms with Gasteiger partial charge in [-0.15, -0.1) is 0 Å². The molecule has 2 aliphatic heterocycles. The molecule has 7 nitrogen and oxygen atoms in total. The second-order valence-corrected chi connectivity index (χ2v) is 8.64. The van der Waals surface area contributed by atoms with Crippen LogP contribution in [0.1, 0.15) is 40.0 Å². The largest absolute Gasteiger partial charge is 0.381 e. The maximum absolute atomic E-state index is 13.4. The zero-order valence-corrected chi connectivity index (χ0v) is 18.1. The van der Waals surface area contributed by atoms with Crippen molar-refractivity contribution in [2.45, 2.75) is 38.5 Å². The normalized spacial score (nSPS) is 17.8. The Morgan fingerprint density at radius 2 is 1.91 bits per heavy atom. The number of amides is 1. The molecule has 0 aliphatic carbocycles. The maximum atomic E-state index is 13.4. The number of aromatic nitrogens is 2. The molecule has 1 N–H and O–H groups in total. The fourth-order valence-electron chi connectivity index (χ4n) is 4.89. The van der Waals surface area contributed by atoms with Gasteiger partial charge in [0.05, 0.1) is 24.4 Å². The summed E-state index contributed by atoms with van der Waals surface area (Å²) in [4.78, 5) is 19.3. The van der Waals surface area contributed by atoms with E-state index in [1.54, 1.807) is 25.4 Å². The molecular formula is C24H27FN4O3. The minimum atomic E-state index is -0.453. The Hall–Kier alpha value is -2.81. The second kappa shape index (κ2) is 8.61. The molecule has 4 heterocycles. The van der Waals surface area contributed by atoms with Crippen molar-refractivity contribution >= 4 is 16.8 Å². The molecule has 1 fully saturated rings. The van der Waals surface area contributed by atoms with E-state index < -0.39 is 5.91 Å². The Bertz CT molecular complexity index is 1140. The van der Waals surface area contributed by atoms with E-state index in [1.807, 2.05) is 0 Å². The third kappa shape index (κ3) is 3.90. The van der Waals surface area contributed by atoms with Gasteiger partial charge in [0.1, 0.15) is 11.5 Å². The predicted molar refractivity (Wildman–Crippen MR) is 117 cm³/mol. The van der Waals surface area contributed by atoms with Crippen LogP contribution in [-0.2, 0) is 24.2 Å². The quantitative estimate of drug-likeness (QED) is 0.620. The smallest absolute Gasteiger partial charge is 0.296 e. The molecule has 0 unspecified atom stereocenters. The van der Waals surface area contributed by atoms with Crippen molar-refractivity contribution in [2.24, 2.45) is 0 Å². The molecule has 8 heteroatoms. The molecule has 1 aromatic carbocycles. The zero-order chi connectivity index (χ0) is 22.2. The molecule has 0 spiro atoms. The van der Waals surface area contributed by atoms with E-state index in [0.29, 0.717) is 24.8 Å². The highest BCUT2D eigenvalue weighted by atomic mass is 19.1. The molecule has 5 rings (SSSR count). The first-order valence-corrected chi connectivity index (χ1v) is 11.0. The van der Waals surface area contributed by atoms with Crippen molar-refractivity contribution in [2.75, 3.05) is 26.7 Å². The number of benzene rings is 1. The Balaban J connectivity index is 1.54. The number of carbonyl (C=O) groups is 1. The lowest BCUT2D eigenvalue weighted by molar-refractivity contribution is -0.0606. The first-order chi connectivity index (χ1) is 15.5. The van der Waals surface area contributed by atoms with Crippen molar-refractivity contribution < 1.29 is 19.1 Å². The van der Waals surface area contributed by atoms with Crippen LogP contribution in [0.15, 0.2) is 36.7 Å². The molecule has 1 amide bonds. The lowest BCUT2D eigenvalue weighted by Gasteiger charge is -2.31. The number of rotatable bonds is 5. The number of likely N-dealkylation sites (tertiary alicyclic amines) is 1. The van der Waals surface area contributed by atoms with Gasteiger partial charge in [0.2, 0.25) is 0 Å². The molecular weight excluding hydrogens is 411 g/mol. The van der Waals surface area contributed by atoms with Crippen LogP contribution < -0.4 is 0 Å². The summed E-state index contributed by atoms with van der Waals surface area (Å²) in [6.07, 6.45) is 6.73. The van der Waals surface area contributed by atoms with E-state index in [0.717, 1.165) is 65.1 Å². The van der Waals surface area contributed by atoms with Crippen LogP contribution in [-0.4, -0.2) is 63.5 Å². The van der Waals surface area contributed by atoms with Gasteiger partial charge in [-0.05, 0) is 48.1 Å². The van der Waals surface area contributed by atoms with Gasteiger partial charge in [0.15, 0.2) is 0 Å². The lowest BCUT2D eigenvalue weighted by Crippen LogP contribution is -2.36. The molecule has 0 atom stereocenters. The third-order valence-electron chi connectivity index (χ3n) is 6.64. The summed E-state index contributed by atoms with van der Waals surface area (Å²) >= 11 is 0. The highest BCUT2D eigenvalue weighted by Gasteiger charge is 2.29. The summed E-state index contributed by atoms with van der Waals surface area (Å²) in [6.45, 7) is 3.54. The van der Waals surface area contributed by atoms with Gasteiger partial charge in [0, 0.05) is 44.9 Å². The molecule has 1 saturated heterocycles. The maximum Gasteiger partial charge on any atom is 0.296 e. The third-order valence-corrected chi connectivity index (χ3v) is 6.64. The van der Waals surface area contributed by atoms with E-state index in [-0.39, 0.29) is 12.4 Å². The van der Waals surface area contributed by atoms with Crippen LogP contribution in [0.5, 0.6) is 0 Å². The van der Waals surface area contributed by atoms with Gasteiger partial charge in [-0.1, -0.05) is 12.1 Å². The number of methoxy groups -OCH3 is 1. The Kier molecular flexibility index (Phi) is 5.67. The average molecular weight is 439 g/mol. The van der Waals surface area contributed by atoms with Crippen LogP contribution >= 0.6 is 0 Å². The minimum Gasteiger partial charge on any atom is -0.381 e. The van der Waals surface area contributed by atoms with Crippen molar-refractivity contribution in [3.8, 4) is 0 Å². The predicted octanol–water partition coefficient (Wildman–Crippen LogP) is 3.22. The fourth-order valence-corrected chi connectivity index (χ4v) is 4.89. The van der Waals surface area contributed by atoms with Gasteiger partial charge in [-0.3, -0.25) is 14.9 Å². The van der Waals surface area contributed by atoms with E-state index in [1.165, 1.54) is 12.1 Å². The summed E-state index contributed by atoms with van der Waals surface area (Å²) < 4.78 is 21.0. The van der Waals surface area contributed by atoms with E-state index in [4.69, 9.17) is 4.74 Å². The highest BCUT2D eigenvalue weighted by molar-refractivity contribution is 6.00. The molecule has 0 saturated carbocycles. The minimum absolute atomic E-state index is 0.255. The van der Waals surface area contributed by atoms with Crippen molar-refractivity contribution in [1.82, 2.24) is 19.5 Å². The van der Waals surface area contributed by atoms with Gasteiger partial charge < -0.3 is 9.30 Å². The number of carbonyl (C=O) groups excluding carboxylic acids is 1. The summed E-state index contributed by atoms with van der Waals surface area (Å²) in [7, 11) is 1.77. The van der Waals surface area contributed by atoms with Crippen LogP contribution in [0.2, 0.25) is 0 Å². The van der Waals surface area contributed by atoms with Crippen LogP contribution in [0.4, 0.5) is 4.39 Å². The number of halogens is 1. The number of pyridine rings is 1. The van der Waals surface area contributed by atoms with Crippen LogP contribution in [0.25, 0.3) is 10.9 Å². The lowest BCUT2D eigenvalue weighted by atomic mass is 9.98. The number of hydrogen-bond donors (Lipinski definition) is 1. The van der Waals surface area contributed by atoms with Crippen molar-refractivity contribution in [3.63, 3.8) is 0 Å². The van der Waals surface area contributed by atoms with Crippen LogP contribution in [0, 0.1) is 5.82 Å². The topological polar surface area (TPSA) is 70.8 Å². The number of hydroxylamine groups is 2. The monoisotopic (exact) mass is 438 g/mol. The van der Waals surface area contributed by atoms with Crippen molar-refractivity contribution in [1.29, 1.82) is 0 Å². The molecule has 168 valence electrons. The number of ether oxygens (including phenoxy) is 1. The average Bonchev–Trinajstić information content (AvgIpc) is 3.15. The SMILES string of the molecule is COC1CCN(Cc2cn(Cc3ccc(F)cc3)c3cnc4c(c23)CCN(O)C4=O)CC1. The van der Waals surface area contributed by atoms with Crippen molar-refractivity contribution in [3.05, 3.63) is 64.9 Å². The van der Waals surface area contributed by atoms with Gasteiger partial charge in [-0.25, -0.2) is 14.4 Å². The second-order valence-electron chi connectivity index (χ2n) is 8.64. The molecule has 0 bridgehead atoms. The Morgan fingerprint density at radius 3 is 2.62 bits per heavy atom. The highest BCUT2D eigenvalue weighted by Crippen LogP contribution is 2.32.